The molecular formula is C28H26N2O6S3. The highest BCUT2D eigenvalue weighted by Crippen LogP contribution is 2.33. The highest BCUT2D eigenvalue weighted by Gasteiger charge is 2.42. The number of nitrogens with zero attached hydrogens (tertiary/aromatic N) is 2. The lowest BCUT2D eigenvalue weighted by Gasteiger charge is -2.33. The Bertz CT molecular complexity index is 1690. The fourth-order valence-corrected chi connectivity index (χ4v) is 8.47. The zero-order valence-corrected chi connectivity index (χ0v) is 23.3. The number of hydrogen-bond acceptors (Lipinski definition) is 6. The molecule has 4 rings (SSSR count). The minimum absolute atomic E-state index is 0.210. The second-order valence-corrected chi connectivity index (χ2v) is 14.2. The molecular weight excluding hydrogens is 557 g/mol. The van der Waals surface area contributed by atoms with E-state index in [9.17, 15) is 25.3 Å². The molecule has 4 aromatic carbocycles. The second kappa shape index (κ2) is 11.4. The normalized spacial score (nSPS) is 12.6. The van der Waals surface area contributed by atoms with Crippen molar-refractivity contribution in [3.8, 4) is 0 Å². The van der Waals surface area contributed by atoms with Crippen molar-refractivity contribution >= 4 is 36.1 Å². The molecule has 0 saturated heterocycles. The second-order valence-electron chi connectivity index (χ2n) is 8.50. The molecule has 0 spiro atoms. The van der Waals surface area contributed by atoms with Crippen molar-refractivity contribution in [2.24, 2.45) is 0 Å². The molecule has 0 saturated carbocycles. The number of sulfonamides is 3. The molecule has 0 fully saturated rings. The first-order valence-electron chi connectivity index (χ1n) is 11.7. The smallest absolute Gasteiger partial charge is 0.249 e. The zero-order chi connectivity index (χ0) is 28.1. The lowest BCUT2D eigenvalue weighted by atomic mass is 10.2. The first kappa shape index (κ1) is 28.1. The molecule has 0 bridgehead atoms. The van der Waals surface area contributed by atoms with Crippen molar-refractivity contribution in [1.82, 2.24) is 8.02 Å². The molecule has 0 aliphatic carbocycles. The van der Waals surface area contributed by atoms with Crippen LogP contribution in [0.5, 0.6) is 0 Å². The summed E-state index contributed by atoms with van der Waals surface area (Å²) in [6, 6.07) is 30.8. The van der Waals surface area contributed by atoms with Gasteiger partial charge in [-0.3, -0.25) is 0 Å². The molecule has 0 atom stereocenters. The molecule has 39 heavy (non-hydrogen) atoms. The van der Waals surface area contributed by atoms with Crippen LogP contribution in [-0.2, 0) is 36.6 Å². The van der Waals surface area contributed by atoms with Gasteiger partial charge >= 0.3 is 0 Å². The Balaban J connectivity index is 2.08. The van der Waals surface area contributed by atoms with Gasteiger partial charge in [0.15, 0.2) is 0 Å². The van der Waals surface area contributed by atoms with Crippen molar-refractivity contribution in [3.05, 3.63) is 138 Å². The van der Waals surface area contributed by atoms with Crippen LogP contribution in [-0.4, -0.2) is 39.5 Å². The predicted octanol–water partition coefficient (Wildman–Crippen LogP) is 4.53. The van der Waals surface area contributed by atoms with Gasteiger partial charge in [-0.2, -0.15) is 16.8 Å². The fourth-order valence-electron chi connectivity index (χ4n) is 3.78. The Morgan fingerprint density at radius 2 is 0.974 bits per heavy atom. The highest BCUT2D eigenvalue weighted by atomic mass is 32.3. The summed E-state index contributed by atoms with van der Waals surface area (Å²) in [5, 5.41) is 0. The summed E-state index contributed by atoms with van der Waals surface area (Å²) in [6.07, 6.45) is 2.14. The molecule has 8 nitrogen and oxygen atoms in total. The maximum Gasteiger partial charge on any atom is 0.278 e. The first-order valence-corrected chi connectivity index (χ1v) is 16.4. The first-order chi connectivity index (χ1) is 18.5. The van der Waals surface area contributed by atoms with Crippen LogP contribution in [0.15, 0.2) is 137 Å². The predicted molar refractivity (Wildman–Crippen MR) is 150 cm³/mol. The number of benzene rings is 4. The summed E-state index contributed by atoms with van der Waals surface area (Å²) < 4.78 is 84.1. The molecule has 0 radical (unpaired) electrons. The van der Waals surface area contributed by atoms with Gasteiger partial charge in [-0.25, -0.2) is 12.7 Å². The molecule has 11 heteroatoms. The van der Waals surface area contributed by atoms with Gasteiger partial charge in [-0.1, -0.05) is 97.1 Å². The maximum atomic E-state index is 14.2. The van der Waals surface area contributed by atoms with E-state index in [2.05, 4.69) is 0 Å². The molecule has 0 amide bonds. The van der Waals surface area contributed by atoms with Crippen LogP contribution in [0.1, 0.15) is 11.1 Å². The zero-order valence-electron chi connectivity index (χ0n) is 20.9. The van der Waals surface area contributed by atoms with E-state index in [0.717, 1.165) is 10.6 Å². The quantitative estimate of drug-likeness (QED) is 0.272. The molecule has 0 aliphatic heterocycles. The summed E-state index contributed by atoms with van der Waals surface area (Å²) in [7, 11) is -13.9. The molecule has 0 N–H and O–H groups in total. The van der Waals surface area contributed by atoms with E-state index in [4.69, 9.17) is 0 Å². The molecule has 0 unspecified atom stereocenters. The van der Waals surface area contributed by atoms with E-state index in [1.165, 1.54) is 54.6 Å². The Labute approximate surface area is 229 Å². The SMILES string of the molecule is CS(=O)(=O)N(Cc1ccccc1)/C(=C\c1ccccc1)N(S(=O)(=O)c1ccccc1)S(=O)(=O)c1ccccc1. The monoisotopic (exact) mass is 582 g/mol. The standard InChI is InChI=1S/C28H26N2O6S3/c1-37(31,32)29(23-25-16-8-3-9-17-25)28(22-24-14-6-2-7-15-24)30(38(33,34)26-18-10-4-11-19-26)39(35,36)27-20-12-5-13-21-27/h2-22H,23H2,1H3/b28-22+. The molecule has 0 aromatic heterocycles. The van der Waals surface area contributed by atoms with Crippen molar-refractivity contribution in [2.75, 3.05) is 6.26 Å². The lowest BCUT2D eigenvalue weighted by Crippen LogP contribution is -2.44. The van der Waals surface area contributed by atoms with Gasteiger partial charge in [0, 0.05) is 0 Å². The third-order valence-electron chi connectivity index (χ3n) is 5.63. The third kappa shape index (κ3) is 6.39. The van der Waals surface area contributed by atoms with Gasteiger partial charge in [0.05, 0.1) is 22.6 Å². The maximum absolute atomic E-state index is 14.2. The highest BCUT2D eigenvalue weighted by molar-refractivity contribution is 8.04. The molecule has 202 valence electrons. The van der Waals surface area contributed by atoms with E-state index in [1.54, 1.807) is 72.8 Å². The summed E-state index contributed by atoms with van der Waals surface area (Å²) in [5.74, 6) is -0.569. The molecule has 0 heterocycles. The van der Waals surface area contributed by atoms with E-state index < -0.39 is 35.9 Å². The van der Waals surface area contributed by atoms with Crippen molar-refractivity contribution in [2.45, 2.75) is 16.3 Å². The molecule has 0 aliphatic rings. The Morgan fingerprint density at radius 1 is 0.590 bits per heavy atom. The minimum Gasteiger partial charge on any atom is -0.249 e. The largest absolute Gasteiger partial charge is 0.278 e. The summed E-state index contributed by atoms with van der Waals surface area (Å²) in [6.45, 7) is -0.316. The van der Waals surface area contributed by atoms with Gasteiger partial charge in [-0.15, -0.1) is 3.71 Å². The summed E-state index contributed by atoms with van der Waals surface area (Å²) in [4.78, 5) is -0.645. The van der Waals surface area contributed by atoms with Crippen LogP contribution < -0.4 is 0 Å². The van der Waals surface area contributed by atoms with E-state index in [0.29, 0.717) is 11.1 Å². The van der Waals surface area contributed by atoms with Gasteiger partial charge in [0.2, 0.25) is 10.0 Å². The van der Waals surface area contributed by atoms with Gasteiger partial charge < -0.3 is 0 Å². The van der Waals surface area contributed by atoms with Crippen molar-refractivity contribution in [3.63, 3.8) is 0 Å². The average molecular weight is 583 g/mol. The number of rotatable bonds is 10. The van der Waals surface area contributed by atoms with Gasteiger partial charge in [0.1, 0.15) is 5.82 Å². The summed E-state index contributed by atoms with van der Waals surface area (Å²) >= 11 is 0. The number of hydrogen-bond donors (Lipinski definition) is 0. The van der Waals surface area contributed by atoms with Crippen LogP contribution in [0.2, 0.25) is 0 Å². The van der Waals surface area contributed by atoms with Crippen molar-refractivity contribution in [1.29, 1.82) is 0 Å². The topological polar surface area (TPSA) is 109 Å². The van der Waals surface area contributed by atoms with Crippen LogP contribution in [0.25, 0.3) is 6.08 Å². The Morgan fingerprint density at radius 3 is 1.38 bits per heavy atom. The van der Waals surface area contributed by atoms with Gasteiger partial charge in [-0.05, 0) is 41.5 Å². The third-order valence-corrected chi connectivity index (χ3v) is 10.9. The van der Waals surface area contributed by atoms with E-state index >= 15 is 0 Å². The lowest BCUT2D eigenvalue weighted by molar-refractivity contribution is 0.422. The van der Waals surface area contributed by atoms with E-state index in [-0.39, 0.29) is 20.0 Å². The minimum atomic E-state index is -4.85. The van der Waals surface area contributed by atoms with E-state index in [1.807, 2.05) is 0 Å². The molecule has 4 aromatic rings. The fraction of sp³-hybridized carbons (Fsp3) is 0.0714. The summed E-state index contributed by atoms with van der Waals surface area (Å²) in [5.41, 5.74) is 0.918. The van der Waals surface area contributed by atoms with Crippen LogP contribution in [0, 0.1) is 0 Å². The van der Waals surface area contributed by atoms with Crippen LogP contribution in [0.4, 0.5) is 0 Å². The Kier molecular flexibility index (Phi) is 8.24. The Hall–Kier alpha value is -3.93. The van der Waals surface area contributed by atoms with Crippen LogP contribution >= 0.6 is 0 Å². The van der Waals surface area contributed by atoms with Crippen LogP contribution in [0.3, 0.4) is 0 Å². The average Bonchev–Trinajstić information content (AvgIpc) is 2.93. The van der Waals surface area contributed by atoms with Crippen molar-refractivity contribution < 1.29 is 25.3 Å². The van der Waals surface area contributed by atoms with Gasteiger partial charge in [0.25, 0.3) is 20.0 Å².